The SMILES string of the molecule is CC(N=[N+]=[N-])C(NC(=O)OCC1c2ccccc2-c2ccccc21)C(=O)Cl. The van der Waals surface area contributed by atoms with E-state index in [0.717, 1.165) is 22.3 Å². The maximum Gasteiger partial charge on any atom is 0.407 e. The summed E-state index contributed by atoms with van der Waals surface area (Å²) in [6.45, 7) is 1.59. The van der Waals surface area contributed by atoms with E-state index in [1.54, 1.807) is 0 Å². The number of azide groups is 1. The summed E-state index contributed by atoms with van der Waals surface area (Å²) in [6.07, 6.45) is -0.796. The van der Waals surface area contributed by atoms with Crippen molar-refractivity contribution in [3.05, 3.63) is 70.1 Å². The van der Waals surface area contributed by atoms with E-state index in [2.05, 4.69) is 15.3 Å². The Bertz CT molecular complexity index is 881. The molecule has 0 saturated carbocycles. The molecule has 0 aliphatic heterocycles. The molecule has 3 rings (SSSR count). The van der Waals surface area contributed by atoms with Crippen molar-refractivity contribution in [3.8, 4) is 11.1 Å². The molecule has 0 spiro atoms. The highest BCUT2D eigenvalue weighted by Gasteiger charge is 2.30. The Morgan fingerprint density at radius 1 is 1.19 bits per heavy atom. The Morgan fingerprint density at radius 2 is 1.74 bits per heavy atom. The van der Waals surface area contributed by atoms with Crippen LogP contribution >= 0.6 is 11.6 Å². The van der Waals surface area contributed by atoms with Gasteiger partial charge in [-0.3, -0.25) is 4.79 Å². The van der Waals surface area contributed by atoms with Crippen LogP contribution in [0.3, 0.4) is 0 Å². The maximum atomic E-state index is 12.2. The van der Waals surface area contributed by atoms with Gasteiger partial charge >= 0.3 is 6.09 Å². The number of carbonyl (C=O) groups is 2. The number of carbonyl (C=O) groups excluding carboxylic acids is 2. The molecule has 1 aliphatic carbocycles. The van der Waals surface area contributed by atoms with Crippen molar-refractivity contribution in [3.63, 3.8) is 0 Å². The molecule has 1 aliphatic rings. The average Bonchev–Trinajstić information content (AvgIpc) is 2.98. The van der Waals surface area contributed by atoms with Gasteiger partial charge in [-0.05, 0) is 39.4 Å². The fourth-order valence-corrected chi connectivity index (χ4v) is 3.52. The zero-order valence-electron chi connectivity index (χ0n) is 14.5. The number of halogens is 1. The van der Waals surface area contributed by atoms with Crippen LogP contribution in [0.5, 0.6) is 0 Å². The van der Waals surface area contributed by atoms with E-state index in [1.807, 2.05) is 48.5 Å². The number of nitrogens with zero attached hydrogens (tertiary/aromatic N) is 3. The van der Waals surface area contributed by atoms with Crippen molar-refractivity contribution in [1.82, 2.24) is 5.32 Å². The van der Waals surface area contributed by atoms with Gasteiger partial charge in [0.2, 0.25) is 5.24 Å². The van der Waals surface area contributed by atoms with E-state index in [4.69, 9.17) is 21.9 Å². The molecule has 0 fully saturated rings. The number of rotatable bonds is 6. The topological polar surface area (TPSA) is 104 Å². The molecule has 0 radical (unpaired) electrons. The van der Waals surface area contributed by atoms with Crippen LogP contribution in [0.25, 0.3) is 21.6 Å². The first-order valence-electron chi connectivity index (χ1n) is 8.38. The first kappa shape index (κ1) is 18.8. The third kappa shape index (κ3) is 3.89. The van der Waals surface area contributed by atoms with Crippen molar-refractivity contribution >= 4 is 22.9 Å². The summed E-state index contributed by atoms with van der Waals surface area (Å²) in [5.41, 5.74) is 12.9. The zero-order chi connectivity index (χ0) is 19.4. The fourth-order valence-electron chi connectivity index (χ4n) is 3.28. The van der Waals surface area contributed by atoms with Gasteiger partial charge in [0, 0.05) is 10.8 Å². The number of amides is 1. The lowest BCUT2D eigenvalue weighted by molar-refractivity contribution is -0.113. The largest absolute Gasteiger partial charge is 0.449 e. The molecule has 0 heterocycles. The Morgan fingerprint density at radius 3 is 2.26 bits per heavy atom. The van der Waals surface area contributed by atoms with Gasteiger partial charge in [0.1, 0.15) is 12.6 Å². The van der Waals surface area contributed by atoms with Crippen LogP contribution in [0.15, 0.2) is 53.6 Å². The molecule has 27 heavy (non-hydrogen) atoms. The first-order chi connectivity index (χ1) is 13.0. The van der Waals surface area contributed by atoms with Crippen LogP contribution in [0, 0.1) is 0 Å². The van der Waals surface area contributed by atoms with Gasteiger partial charge in [-0.25, -0.2) is 4.79 Å². The maximum absolute atomic E-state index is 12.2. The molecule has 2 atom stereocenters. The summed E-state index contributed by atoms with van der Waals surface area (Å²) in [4.78, 5) is 26.3. The molecule has 2 aromatic rings. The van der Waals surface area contributed by atoms with Crippen LogP contribution < -0.4 is 5.32 Å². The molecule has 8 heteroatoms. The van der Waals surface area contributed by atoms with Crippen molar-refractivity contribution in [1.29, 1.82) is 0 Å². The van der Waals surface area contributed by atoms with Crippen molar-refractivity contribution in [2.45, 2.75) is 24.9 Å². The van der Waals surface area contributed by atoms with E-state index in [-0.39, 0.29) is 12.5 Å². The quantitative estimate of drug-likeness (QED) is 0.346. The van der Waals surface area contributed by atoms with Crippen molar-refractivity contribution < 1.29 is 14.3 Å². The minimum atomic E-state index is -1.15. The Labute approximate surface area is 160 Å². The summed E-state index contributed by atoms with van der Waals surface area (Å²) >= 11 is 5.49. The lowest BCUT2D eigenvalue weighted by atomic mass is 9.98. The highest BCUT2D eigenvalue weighted by molar-refractivity contribution is 6.65. The predicted molar refractivity (Wildman–Crippen MR) is 101 cm³/mol. The third-order valence-electron chi connectivity index (χ3n) is 4.58. The van der Waals surface area contributed by atoms with Crippen LogP contribution in [0.1, 0.15) is 24.0 Å². The fraction of sp³-hybridized carbons (Fsp3) is 0.263. The lowest BCUT2D eigenvalue weighted by Gasteiger charge is -2.19. The second-order valence-corrected chi connectivity index (χ2v) is 6.57. The number of benzene rings is 2. The molecule has 7 nitrogen and oxygen atoms in total. The summed E-state index contributed by atoms with van der Waals surface area (Å²) < 4.78 is 5.35. The number of hydrogen-bond donors (Lipinski definition) is 1. The molecule has 2 aromatic carbocycles. The third-order valence-corrected chi connectivity index (χ3v) is 4.81. The number of fused-ring (bicyclic) bond motifs is 3. The molecule has 0 aromatic heterocycles. The molecule has 1 amide bonds. The standard InChI is InChI=1S/C19H17ClN4O3/c1-11(23-24-21)17(18(20)25)22-19(26)27-10-16-14-8-4-2-6-12(14)13-7-3-5-9-15(13)16/h2-9,11,16-17H,10H2,1H3,(H,22,26). The van der Waals surface area contributed by atoms with E-state index in [0.29, 0.717) is 0 Å². The smallest absolute Gasteiger partial charge is 0.407 e. The minimum absolute atomic E-state index is 0.0946. The molecular formula is C19H17ClN4O3. The average molecular weight is 385 g/mol. The lowest BCUT2D eigenvalue weighted by Crippen LogP contribution is -2.45. The van der Waals surface area contributed by atoms with Crippen LogP contribution in [0.2, 0.25) is 0 Å². The summed E-state index contributed by atoms with van der Waals surface area (Å²) in [6, 6.07) is 13.9. The number of ether oxygens (including phenoxy) is 1. The van der Waals surface area contributed by atoms with Crippen LogP contribution in [0.4, 0.5) is 4.79 Å². The second kappa shape index (κ2) is 8.12. The van der Waals surface area contributed by atoms with E-state index >= 15 is 0 Å². The first-order valence-corrected chi connectivity index (χ1v) is 8.75. The Balaban J connectivity index is 1.72. The van der Waals surface area contributed by atoms with Gasteiger partial charge in [-0.15, -0.1) is 0 Å². The number of hydrogen-bond acceptors (Lipinski definition) is 4. The molecule has 0 bridgehead atoms. The second-order valence-electron chi connectivity index (χ2n) is 6.20. The highest BCUT2D eigenvalue weighted by atomic mass is 35.5. The molecule has 1 N–H and O–H groups in total. The number of nitrogens with one attached hydrogen (secondary N) is 1. The number of alkyl carbamates (subject to hydrolysis) is 1. The van der Waals surface area contributed by atoms with E-state index < -0.39 is 23.4 Å². The molecule has 2 unspecified atom stereocenters. The zero-order valence-corrected chi connectivity index (χ0v) is 15.3. The minimum Gasteiger partial charge on any atom is -0.449 e. The van der Waals surface area contributed by atoms with Crippen molar-refractivity contribution in [2.75, 3.05) is 6.61 Å². The monoisotopic (exact) mass is 384 g/mol. The summed E-state index contributed by atoms with van der Waals surface area (Å²) in [5.74, 6) is -0.0946. The molecule has 0 saturated heterocycles. The van der Waals surface area contributed by atoms with Gasteiger partial charge in [-0.1, -0.05) is 60.6 Å². The van der Waals surface area contributed by atoms with Gasteiger partial charge in [0.25, 0.3) is 0 Å². The van der Waals surface area contributed by atoms with Crippen LogP contribution in [-0.4, -0.2) is 30.0 Å². The van der Waals surface area contributed by atoms with Gasteiger partial charge in [0.15, 0.2) is 0 Å². The van der Waals surface area contributed by atoms with Gasteiger partial charge in [-0.2, -0.15) is 0 Å². The normalized spacial score (nSPS) is 14.3. The van der Waals surface area contributed by atoms with Gasteiger partial charge in [0.05, 0.1) is 6.04 Å². The molecule has 138 valence electrons. The highest BCUT2D eigenvalue weighted by Crippen LogP contribution is 2.44. The Kier molecular flexibility index (Phi) is 5.64. The summed E-state index contributed by atoms with van der Waals surface area (Å²) in [7, 11) is 0. The van der Waals surface area contributed by atoms with Crippen LogP contribution in [-0.2, 0) is 9.53 Å². The van der Waals surface area contributed by atoms with Crippen molar-refractivity contribution in [2.24, 2.45) is 5.11 Å². The van der Waals surface area contributed by atoms with Gasteiger partial charge < -0.3 is 10.1 Å². The summed E-state index contributed by atoms with van der Waals surface area (Å²) in [5, 5.41) is 4.94. The Hall–Kier alpha value is -3.02. The van der Waals surface area contributed by atoms with E-state index in [9.17, 15) is 9.59 Å². The molecular weight excluding hydrogens is 368 g/mol. The predicted octanol–water partition coefficient (Wildman–Crippen LogP) is 4.36. The van der Waals surface area contributed by atoms with E-state index in [1.165, 1.54) is 6.92 Å².